The number of carboxylic acid groups (broad SMARTS) is 1. The van der Waals surface area contributed by atoms with Crippen LogP contribution in [0.2, 0.25) is 0 Å². The number of rotatable bonds is 8. The van der Waals surface area contributed by atoms with Gasteiger partial charge in [0.25, 0.3) is 0 Å². The molecule has 12 nitrogen and oxygen atoms in total. The van der Waals surface area contributed by atoms with Crippen molar-refractivity contribution in [3.05, 3.63) is 39.9 Å². The number of phenols is 1. The summed E-state index contributed by atoms with van der Waals surface area (Å²) in [5.41, 5.74) is -0.514. The third-order valence-electron chi connectivity index (χ3n) is 5.61. The number of aldehydes is 1. The van der Waals surface area contributed by atoms with Crippen LogP contribution in [-0.2, 0) is 23.9 Å². The lowest BCUT2D eigenvalue weighted by molar-refractivity contribution is -0.169. The summed E-state index contributed by atoms with van der Waals surface area (Å²) in [5.74, 6) is -8.47. The summed E-state index contributed by atoms with van der Waals surface area (Å²) in [6, 6.07) is 2.35. The van der Waals surface area contributed by atoms with Crippen molar-refractivity contribution in [2.24, 2.45) is 0 Å². The van der Waals surface area contributed by atoms with Crippen LogP contribution in [0.4, 0.5) is 0 Å². The first-order chi connectivity index (χ1) is 17.5. The highest BCUT2D eigenvalue weighted by molar-refractivity contribution is 6.04. The van der Waals surface area contributed by atoms with E-state index >= 15 is 0 Å². The lowest BCUT2D eigenvalue weighted by atomic mass is 9.95. The molecule has 0 saturated carbocycles. The summed E-state index contributed by atoms with van der Waals surface area (Å²) in [7, 11) is 1.27. The average molecular weight is 516 g/mol. The molecule has 0 bridgehead atoms. The van der Waals surface area contributed by atoms with Crippen LogP contribution in [0.15, 0.2) is 12.1 Å². The van der Waals surface area contributed by atoms with E-state index in [2.05, 4.69) is 0 Å². The summed E-state index contributed by atoms with van der Waals surface area (Å²) >= 11 is 0. The second-order valence-electron chi connectivity index (χ2n) is 7.99. The van der Waals surface area contributed by atoms with Gasteiger partial charge in [0.2, 0.25) is 0 Å². The van der Waals surface area contributed by atoms with Gasteiger partial charge in [-0.2, -0.15) is 0 Å². The van der Waals surface area contributed by atoms with Gasteiger partial charge >= 0.3 is 23.9 Å². The van der Waals surface area contributed by atoms with Crippen molar-refractivity contribution < 1.29 is 57.9 Å². The van der Waals surface area contributed by atoms with Gasteiger partial charge in [-0.25, -0.2) is 9.59 Å². The number of carbonyl (C=O) groups excluding carboxylic acids is 4. The molecular formula is C25H24O12. The van der Waals surface area contributed by atoms with E-state index in [4.69, 9.17) is 23.7 Å². The fourth-order valence-corrected chi connectivity index (χ4v) is 3.80. The molecule has 3 rings (SSSR count). The number of phenolic OH excluding ortho intramolecular Hbond substituents is 1. The van der Waals surface area contributed by atoms with Gasteiger partial charge in [-0.15, -0.1) is 0 Å². The van der Waals surface area contributed by atoms with Gasteiger partial charge in [-0.1, -0.05) is 0 Å². The average Bonchev–Trinajstić information content (AvgIpc) is 2.97. The Morgan fingerprint density at radius 2 is 1.76 bits per heavy atom. The smallest absolute Gasteiger partial charge is 0.347 e. The van der Waals surface area contributed by atoms with E-state index in [-0.39, 0.29) is 52.4 Å². The Kier molecular flexibility index (Phi) is 7.70. The number of carbonyl (C=O) groups is 5. The largest absolute Gasteiger partial charge is 0.507 e. The van der Waals surface area contributed by atoms with E-state index in [0.29, 0.717) is 0 Å². The third kappa shape index (κ3) is 4.90. The van der Waals surface area contributed by atoms with E-state index in [1.807, 2.05) is 0 Å². The summed E-state index contributed by atoms with van der Waals surface area (Å²) in [4.78, 5) is 62.0. The molecule has 0 aliphatic carbocycles. The number of fused-ring (bicyclic) bond motifs is 2. The highest BCUT2D eigenvalue weighted by atomic mass is 16.6. The molecule has 0 radical (unpaired) electrons. The molecule has 2 aromatic carbocycles. The van der Waals surface area contributed by atoms with Gasteiger partial charge in [-0.05, 0) is 45.4 Å². The molecule has 37 heavy (non-hydrogen) atoms. The minimum absolute atomic E-state index is 0.00962. The van der Waals surface area contributed by atoms with Crippen LogP contribution >= 0.6 is 0 Å². The monoisotopic (exact) mass is 516 g/mol. The van der Waals surface area contributed by atoms with Gasteiger partial charge in [-0.3, -0.25) is 14.4 Å². The minimum atomic E-state index is -2.08. The summed E-state index contributed by atoms with van der Waals surface area (Å²) in [6.07, 6.45) is -1.17. The van der Waals surface area contributed by atoms with E-state index in [1.165, 1.54) is 40.0 Å². The highest BCUT2D eigenvalue weighted by Crippen LogP contribution is 2.50. The van der Waals surface area contributed by atoms with Crippen molar-refractivity contribution in [2.45, 2.75) is 39.7 Å². The van der Waals surface area contributed by atoms with E-state index in [1.54, 1.807) is 6.92 Å². The van der Waals surface area contributed by atoms with E-state index in [0.717, 1.165) is 0 Å². The molecule has 2 aromatic rings. The van der Waals surface area contributed by atoms with Gasteiger partial charge in [0.15, 0.2) is 35.6 Å². The Morgan fingerprint density at radius 1 is 1.08 bits per heavy atom. The van der Waals surface area contributed by atoms with Crippen molar-refractivity contribution in [2.75, 3.05) is 13.7 Å². The molecule has 0 aromatic heterocycles. The first-order valence-corrected chi connectivity index (χ1v) is 11.0. The number of hydrogen-bond acceptors (Lipinski definition) is 11. The number of aliphatic carboxylic acids is 1. The highest BCUT2D eigenvalue weighted by Gasteiger charge is 2.40. The predicted molar refractivity (Wildman–Crippen MR) is 124 cm³/mol. The Labute approximate surface area is 210 Å². The molecule has 0 spiro atoms. The molecule has 1 heterocycles. The molecule has 0 saturated heterocycles. The number of aryl methyl sites for hydroxylation is 1. The normalized spacial score (nSPS) is 13.5. The number of methoxy groups -OCH3 is 1. The number of hydrogen-bond donors (Lipinski definition) is 2. The molecule has 1 aliphatic rings. The van der Waals surface area contributed by atoms with E-state index < -0.39 is 53.0 Å². The number of benzene rings is 2. The number of ether oxygens (including phenoxy) is 5. The van der Waals surface area contributed by atoms with E-state index in [9.17, 15) is 34.2 Å². The Morgan fingerprint density at radius 3 is 2.32 bits per heavy atom. The zero-order valence-electron chi connectivity index (χ0n) is 20.6. The first-order valence-electron chi connectivity index (χ1n) is 11.0. The SMILES string of the molecule is CCOC(=O)C(C)OC(=O)C(C(=O)O)c1cc(OC)c(C)c2c1Oc1c(C=O)c(O)cc(C)c1C(=O)O2. The van der Waals surface area contributed by atoms with Crippen LogP contribution in [0.3, 0.4) is 0 Å². The van der Waals surface area contributed by atoms with Gasteiger partial charge in [0.1, 0.15) is 17.1 Å². The van der Waals surface area contributed by atoms with Crippen LogP contribution in [0.5, 0.6) is 28.7 Å². The predicted octanol–water partition coefficient (Wildman–Crippen LogP) is 2.82. The second kappa shape index (κ2) is 10.6. The van der Waals surface area contributed by atoms with Crippen molar-refractivity contribution >= 4 is 30.2 Å². The Balaban J connectivity index is 2.26. The summed E-state index contributed by atoms with van der Waals surface area (Å²) in [5, 5.41) is 20.2. The van der Waals surface area contributed by atoms with Crippen LogP contribution in [0, 0.1) is 13.8 Å². The van der Waals surface area contributed by atoms with Gasteiger partial charge < -0.3 is 33.9 Å². The standard InChI is InChI=1S/C25H24O12/c1-6-34-23(30)12(4)35-25(32)18(22(28)29)13-8-16(33-5)11(3)19-21(13)36-20-14(9-26)15(27)7-10(2)17(20)24(31)37-19/h7-9,12,18,27H,6H2,1-5H3,(H,28,29). The van der Waals surface area contributed by atoms with Gasteiger partial charge in [0, 0.05) is 11.1 Å². The van der Waals surface area contributed by atoms with Crippen LogP contribution in [-0.4, -0.2) is 60.2 Å². The minimum Gasteiger partial charge on any atom is -0.507 e. The second-order valence-corrected chi connectivity index (χ2v) is 7.99. The number of aromatic hydroxyl groups is 1. The fourth-order valence-electron chi connectivity index (χ4n) is 3.80. The zero-order chi connectivity index (χ0) is 27.6. The maximum Gasteiger partial charge on any atom is 0.347 e. The quantitative estimate of drug-likeness (QED) is 0.228. The lowest BCUT2D eigenvalue weighted by Crippen LogP contribution is -2.32. The number of esters is 3. The van der Waals surface area contributed by atoms with Crippen molar-refractivity contribution in [1.29, 1.82) is 0 Å². The maximum absolute atomic E-state index is 13.1. The molecule has 2 atom stereocenters. The fraction of sp³-hybridized carbons (Fsp3) is 0.320. The molecule has 2 unspecified atom stereocenters. The van der Waals surface area contributed by atoms with Crippen LogP contribution < -0.4 is 14.2 Å². The maximum atomic E-state index is 13.1. The Hall–Kier alpha value is -4.61. The van der Waals surface area contributed by atoms with Crippen molar-refractivity contribution in [3.8, 4) is 28.7 Å². The Bertz CT molecular complexity index is 1310. The van der Waals surface area contributed by atoms with Crippen molar-refractivity contribution in [3.63, 3.8) is 0 Å². The molecule has 2 N–H and O–H groups in total. The molecule has 1 aliphatic heterocycles. The van der Waals surface area contributed by atoms with Gasteiger partial charge in [0.05, 0.1) is 19.3 Å². The third-order valence-corrected chi connectivity index (χ3v) is 5.61. The molecule has 0 fully saturated rings. The first kappa shape index (κ1) is 27.0. The molecule has 12 heteroatoms. The lowest BCUT2D eigenvalue weighted by Gasteiger charge is -2.21. The topological polar surface area (TPSA) is 172 Å². The molecule has 196 valence electrons. The molecule has 0 amide bonds. The van der Waals surface area contributed by atoms with Crippen molar-refractivity contribution in [1.82, 2.24) is 0 Å². The van der Waals surface area contributed by atoms with Crippen LogP contribution in [0.25, 0.3) is 0 Å². The number of carboxylic acids is 1. The summed E-state index contributed by atoms with van der Waals surface area (Å²) in [6.45, 7) is 5.73. The molecular weight excluding hydrogens is 492 g/mol. The summed E-state index contributed by atoms with van der Waals surface area (Å²) < 4.78 is 26.5. The van der Waals surface area contributed by atoms with Crippen LogP contribution in [0.1, 0.15) is 57.2 Å². The zero-order valence-corrected chi connectivity index (χ0v) is 20.6.